The molecule has 3 aromatic rings. The van der Waals surface area contributed by atoms with Gasteiger partial charge in [0.1, 0.15) is 0 Å². The second-order valence-corrected chi connectivity index (χ2v) is 6.18. The number of nitrogens with zero attached hydrogens (tertiary/aromatic N) is 3. The average molecular weight is 337 g/mol. The molecule has 6 nitrogen and oxygen atoms in total. The van der Waals surface area contributed by atoms with Crippen LogP contribution in [0, 0.1) is 6.92 Å². The second kappa shape index (κ2) is 5.88. The van der Waals surface area contributed by atoms with E-state index in [0.29, 0.717) is 23.5 Å². The maximum atomic E-state index is 12.1. The van der Waals surface area contributed by atoms with E-state index in [1.165, 1.54) is 0 Å². The summed E-state index contributed by atoms with van der Waals surface area (Å²) in [6, 6.07) is 5.77. The Labute approximate surface area is 145 Å². The normalized spacial score (nSPS) is 13.8. The van der Waals surface area contributed by atoms with E-state index in [9.17, 15) is 4.79 Å². The minimum absolute atomic E-state index is 0.150. The summed E-state index contributed by atoms with van der Waals surface area (Å²) in [5.41, 5.74) is 5.08. The Balaban J connectivity index is 1.93. The van der Waals surface area contributed by atoms with Crippen LogP contribution in [-0.4, -0.2) is 34.6 Å². The van der Waals surface area contributed by atoms with Crippen molar-refractivity contribution in [1.29, 1.82) is 0 Å². The van der Waals surface area contributed by atoms with Crippen LogP contribution < -0.4 is 9.47 Å². The van der Waals surface area contributed by atoms with Crippen LogP contribution in [0.4, 0.5) is 0 Å². The Bertz CT molecular complexity index is 991. The molecule has 4 rings (SSSR count). The summed E-state index contributed by atoms with van der Waals surface area (Å²) in [5.74, 6) is 1.49. The molecule has 0 saturated carbocycles. The lowest BCUT2D eigenvalue weighted by atomic mass is 9.96. The van der Waals surface area contributed by atoms with Gasteiger partial charge in [-0.05, 0) is 37.5 Å². The Morgan fingerprint density at radius 3 is 2.68 bits per heavy atom. The number of Topliss-reactive ketones (excluding diaryl/α,β-unsaturated/α-hetero) is 1. The first-order chi connectivity index (χ1) is 12.1. The van der Waals surface area contributed by atoms with Crippen LogP contribution in [0.5, 0.6) is 11.5 Å². The zero-order chi connectivity index (χ0) is 17.6. The number of carbonyl (C=O) groups is 1. The largest absolute Gasteiger partial charge is 0.493 e. The van der Waals surface area contributed by atoms with E-state index in [1.54, 1.807) is 18.7 Å². The van der Waals surface area contributed by atoms with E-state index in [2.05, 4.69) is 5.10 Å². The number of ketones is 1. The highest BCUT2D eigenvalue weighted by Gasteiger charge is 2.22. The number of carbonyl (C=O) groups excluding carboxylic acids is 1. The molecular formula is C19H19N3O3. The van der Waals surface area contributed by atoms with Crippen LogP contribution in [0.3, 0.4) is 0 Å². The number of hydrogen-bond acceptors (Lipinski definition) is 5. The van der Waals surface area contributed by atoms with Crippen molar-refractivity contribution in [2.24, 2.45) is 0 Å². The van der Waals surface area contributed by atoms with Crippen molar-refractivity contribution in [3.8, 4) is 22.6 Å². The fourth-order valence-electron chi connectivity index (χ4n) is 3.42. The second-order valence-electron chi connectivity index (χ2n) is 6.18. The van der Waals surface area contributed by atoms with Gasteiger partial charge in [0.05, 0.1) is 31.2 Å². The van der Waals surface area contributed by atoms with E-state index < -0.39 is 0 Å². The van der Waals surface area contributed by atoms with Gasteiger partial charge in [-0.15, -0.1) is 0 Å². The van der Waals surface area contributed by atoms with Gasteiger partial charge in [0.15, 0.2) is 22.9 Å². The summed E-state index contributed by atoms with van der Waals surface area (Å²) < 4.78 is 12.4. The van der Waals surface area contributed by atoms with Crippen LogP contribution in [0.1, 0.15) is 34.6 Å². The van der Waals surface area contributed by atoms with Gasteiger partial charge >= 0.3 is 0 Å². The first-order valence-electron chi connectivity index (χ1n) is 8.27. The molecule has 1 aliphatic carbocycles. The fraction of sp³-hybridized carbons (Fsp3) is 0.316. The lowest BCUT2D eigenvalue weighted by Gasteiger charge is -2.14. The predicted molar refractivity (Wildman–Crippen MR) is 93.5 cm³/mol. The number of fused-ring (bicyclic) bond motifs is 2. The van der Waals surface area contributed by atoms with Gasteiger partial charge in [-0.25, -0.2) is 9.50 Å². The predicted octanol–water partition coefficient (Wildman–Crippen LogP) is 3.24. The Hall–Kier alpha value is -2.89. The fourth-order valence-corrected chi connectivity index (χ4v) is 3.42. The van der Waals surface area contributed by atoms with Crippen LogP contribution in [0.15, 0.2) is 24.4 Å². The number of ether oxygens (including phenoxy) is 2. The van der Waals surface area contributed by atoms with Gasteiger partial charge in [-0.1, -0.05) is 6.07 Å². The Morgan fingerprint density at radius 2 is 1.92 bits per heavy atom. The van der Waals surface area contributed by atoms with Gasteiger partial charge in [-0.2, -0.15) is 5.10 Å². The molecule has 0 aliphatic heterocycles. The monoisotopic (exact) mass is 337 g/mol. The lowest BCUT2D eigenvalue weighted by molar-refractivity contribution is 0.0971. The van der Waals surface area contributed by atoms with Gasteiger partial charge in [0, 0.05) is 18.2 Å². The van der Waals surface area contributed by atoms with E-state index in [0.717, 1.165) is 41.0 Å². The number of aromatic nitrogens is 3. The number of methoxy groups -OCH3 is 2. The number of hydrogen-bond donors (Lipinski definition) is 0. The van der Waals surface area contributed by atoms with Crippen molar-refractivity contribution >= 4 is 11.4 Å². The third kappa shape index (κ3) is 2.45. The summed E-state index contributed by atoms with van der Waals surface area (Å²) in [4.78, 5) is 16.9. The topological polar surface area (TPSA) is 65.7 Å². The molecule has 2 aromatic heterocycles. The number of benzene rings is 1. The Kier molecular flexibility index (Phi) is 3.67. The summed E-state index contributed by atoms with van der Waals surface area (Å²) in [7, 11) is 3.23. The standard InChI is InChI=1S/C19H19N3O3/c1-11-18(12-7-8-16(24-2)17(9-12)25-3)19-20-14-5-4-6-15(23)13(14)10-22(19)21-11/h7-10H,4-6H2,1-3H3. The van der Waals surface area contributed by atoms with Crippen molar-refractivity contribution in [2.45, 2.75) is 26.2 Å². The van der Waals surface area contributed by atoms with Crippen molar-refractivity contribution in [2.75, 3.05) is 14.2 Å². The molecular weight excluding hydrogens is 318 g/mol. The molecule has 0 spiro atoms. The SMILES string of the molecule is COc1ccc(-c2c(C)nn3cc4c(nc23)CCCC4=O)cc1OC. The molecule has 0 fully saturated rings. The van der Waals surface area contributed by atoms with Crippen molar-refractivity contribution in [3.63, 3.8) is 0 Å². The molecule has 0 bridgehead atoms. The van der Waals surface area contributed by atoms with Crippen molar-refractivity contribution < 1.29 is 14.3 Å². The summed E-state index contributed by atoms with van der Waals surface area (Å²) >= 11 is 0. The highest BCUT2D eigenvalue weighted by Crippen LogP contribution is 2.35. The Morgan fingerprint density at radius 1 is 1.12 bits per heavy atom. The third-order valence-corrected chi connectivity index (χ3v) is 4.65. The van der Waals surface area contributed by atoms with E-state index >= 15 is 0 Å². The molecule has 25 heavy (non-hydrogen) atoms. The van der Waals surface area contributed by atoms with Gasteiger partial charge in [0.2, 0.25) is 0 Å². The molecule has 6 heteroatoms. The van der Waals surface area contributed by atoms with Crippen LogP contribution in [0.25, 0.3) is 16.8 Å². The average Bonchev–Trinajstić information content (AvgIpc) is 2.94. The van der Waals surface area contributed by atoms with E-state index in [1.807, 2.05) is 31.3 Å². The van der Waals surface area contributed by atoms with Gasteiger partial charge in [-0.3, -0.25) is 4.79 Å². The smallest absolute Gasteiger partial charge is 0.166 e. The van der Waals surface area contributed by atoms with Crippen LogP contribution in [-0.2, 0) is 6.42 Å². The third-order valence-electron chi connectivity index (χ3n) is 4.65. The molecule has 0 saturated heterocycles. The van der Waals surface area contributed by atoms with E-state index in [-0.39, 0.29) is 5.78 Å². The first-order valence-corrected chi connectivity index (χ1v) is 8.27. The summed E-state index contributed by atoms with van der Waals surface area (Å²) in [5, 5.41) is 4.56. The van der Waals surface area contributed by atoms with Crippen molar-refractivity contribution in [3.05, 3.63) is 41.3 Å². The minimum Gasteiger partial charge on any atom is -0.493 e. The minimum atomic E-state index is 0.150. The molecule has 0 atom stereocenters. The summed E-state index contributed by atoms with van der Waals surface area (Å²) in [6.07, 6.45) is 4.08. The molecule has 128 valence electrons. The molecule has 0 N–H and O–H groups in total. The summed E-state index contributed by atoms with van der Waals surface area (Å²) in [6.45, 7) is 1.95. The quantitative estimate of drug-likeness (QED) is 0.734. The highest BCUT2D eigenvalue weighted by molar-refractivity contribution is 5.98. The van der Waals surface area contributed by atoms with E-state index in [4.69, 9.17) is 14.5 Å². The number of aryl methyl sites for hydroxylation is 2. The number of rotatable bonds is 3. The first kappa shape index (κ1) is 15.6. The van der Waals surface area contributed by atoms with Crippen molar-refractivity contribution in [1.82, 2.24) is 14.6 Å². The highest BCUT2D eigenvalue weighted by atomic mass is 16.5. The molecule has 0 unspecified atom stereocenters. The zero-order valence-electron chi connectivity index (χ0n) is 14.5. The van der Waals surface area contributed by atoms with Crippen LogP contribution >= 0.6 is 0 Å². The molecule has 0 radical (unpaired) electrons. The maximum absolute atomic E-state index is 12.1. The molecule has 0 amide bonds. The maximum Gasteiger partial charge on any atom is 0.166 e. The molecule has 2 heterocycles. The lowest BCUT2D eigenvalue weighted by Crippen LogP contribution is -2.14. The molecule has 1 aliphatic rings. The van der Waals surface area contributed by atoms with Gasteiger partial charge in [0.25, 0.3) is 0 Å². The molecule has 1 aromatic carbocycles. The zero-order valence-corrected chi connectivity index (χ0v) is 14.5. The van der Waals surface area contributed by atoms with Crippen LogP contribution in [0.2, 0.25) is 0 Å². The van der Waals surface area contributed by atoms with Gasteiger partial charge < -0.3 is 9.47 Å².